The van der Waals surface area contributed by atoms with E-state index in [4.69, 9.17) is 0 Å². The Morgan fingerprint density at radius 3 is 2.20 bits per heavy atom. The van der Waals surface area contributed by atoms with Crippen LogP contribution < -0.4 is 0 Å². The molecule has 2 nitrogen and oxygen atoms in total. The van der Waals surface area contributed by atoms with Crippen LogP contribution in [0, 0.1) is 6.92 Å². The fraction of sp³-hybridized carbons (Fsp3) is 0.0435. The molecule has 0 unspecified atom stereocenters. The number of aryl methyl sites for hydroxylation is 1. The average Bonchev–Trinajstić information content (AvgIpc) is 3.17. The number of fused-ring (bicyclic) bond motifs is 8. The summed E-state index contributed by atoms with van der Waals surface area (Å²) in [7, 11) is 0. The van der Waals surface area contributed by atoms with Crippen LogP contribution in [-0.4, -0.2) is 9.97 Å². The molecule has 0 saturated heterocycles. The van der Waals surface area contributed by atoms with Crippen LogP contribution in [0.5, 0.6) is 0 Å². The monoisotopic (exact) mass is 320 g/mol. The second-order valence-corrected chi connectivity index (χ2v) is 6.95. The molecule has 25 heavy (non-hydrogen) atoms. The molecule has 0 radical (unpaired) electrons. The number of benzene rings is 4. The van der Waals surface area contributed by atoms with E-state index < -0.39 is 0 Å². The lowest BCUT2D eigenvalue weighted by Gasteiger charge is -2.00. The molecule has 0 aliphatic carbocycles. The summed E-state index contributed by atoms with van der Waals surface area (Å²) < 4.78 is 0. The van der Waals surface area contributed by atoms with Gasteiger partial charge in [0, 0.05) is 32.6 Å². The predicted octanol–water partition coefficient (Wildman–Crippen LogP) is 6.42. The van der Waals surface area contributed by atoms with Crippen LogP contribution in [0.3, 0.4) is 0 Å². The molecule has 0 aliphatic rings. The zero-order chi connectivity index (χ0) is 16.5. The SMILES string of the molecule is Cc1ccc2cc3c(cc2c1)[nH]c1c3ccc2c3ccccc3[nH]c21. The number of aromatic nitrogens is 2. The number of hydrogen-bond acceptors (Lipinski definition) is 0. The van der Waals surface area contributed by atoms with Gasteiger partial charge in [-0.1, -0.05) is 54.1 Å². The largest absolute Gasteiger partial charge is 0.353 e. The lowest BCUT2D eigenvalue weighted by atomic mass is 10.0. The smallest absolute Gasteiger partial charge is 0.0710 e. The Morgan fingerprint density at radius 2 is 1.32 bits per heavy atom. The Morgan fingerprint density at radius 1 is 0.560 bits per heavy atom. The summed E-state index contributed by atoms with van der Waals surface area (Å²) in [5.74, 6) is 0. The van der Waals surface area contributed by atoms with Gasteiger partial charge in [0.2, 0.25) is 0 Å². The number of nitrogens with one attached hydrogen (secondary N) is 2. The van der Waals surface area contributed by atoms with Gasteiger partial charge < -0.3 is 9.97 Å². The summed E-state index contributed by atoms with van der Waals surface area (Å²) in [6.07, 6.45) is 0. The molecular weight excluding hydrogens is 304 g/mol. The summed E-state index contributed by atoms with van der Waals surface area (Å²) in [4.78, 5) is 7.26. The number of rotatable bonds is 0. The number of H-pyrrole nitrogens is 2. The highest BCUT2D eigenvalue weighted by Gasteiger charge is 2.12. The zero-order valence-corrected chi connectivity index (χ0v) is 13.9. The van der Waals surface area contributed by atoms with Crippen molar-refractivity contribution in [3.8, 4) is 0 Å². The van der Waals surface area contributed by atoms with Crippen molar-refractivity contribution in [2.45, 2.75) is 6.92 Å². The van der Waals surface area contributed by atoms with E-state index in [-0.39, 0.29) is 0 Å². The Bertz CT molecular complexity index is 1450. The molecular formula is C23H16N2. The van der Waals surface area contributed by atoms with Gasteiger partial charge in [-0.3, -0.25) is 0 Å². The van der Waals surface area contributed by atoms with Gasteiger partial charge in [-0.25, -0.2) is 0 Å². The lowest BCUT2D eigenvalue weighted by molar-refractivity contribution is 1.50. The number of aromatic amines is 2. The summed E-state index contributed by atoms with van der Waals surface area (Å²) in [6.45, 7) is 2.14. The van der Waals surface area contributed by atoms with E-state index >= 15 is 0 Å². The zero-order valence-electron chi connectivity index (χ0n) is 13.9. The van der Waals surface area contributed by atoms with Crippen molar-refractivity contribution in [3.63, 3.8) is 0 Å². The van der Waals surface area contributed by atoms with Crippen molar-refractivity contribution in [3.05, 3.63) is 72.3 Å². The van der Waals surface area contributed by atoms with E-state index in [1.807, 2.05) is 0 Å². The molecule has 6 rings (SSSR count). The van der Waals surface area contributed by atoms with Gasteiger partial charge in [-0.2, -0.15) is 0 Å². The number of hydrogen-bond donors (Lipinski definition) is 2. The average molecular weight is 320 g/mol. The van der Waals surface area contributed by atoms with Gasteiger partial charge in [0.25, 0.3) is 0 Å². The second kappa shape index (κ2) is 4.42. The minimum Gasteiger partial charge on any atom is -0.353 e. The molecule has 2 N–H and O–H groups in total. The topological polar surface area (TPSA) is 31.6 Å². The van der Waals surface area contributed by atoms with Crippen LogP contribution >= 0.6 is 0 Å². The highest BCUT2D eigenvalue weighted by Crippen LogP contribution is 2.36. The van der Waals surface area contributed by atoms with Gasteiger partial charge >= 0.3 is 0 Å². The van der Waals surface area contributed by atoms with Crippen molar-refractivity contribution in [2.75, 3.05) is 0 Å². The second-order valence-electron chi connectivity index (χ2n) is 6.95. The van der Waals surface area contributed by atoms with Gasteiger partial charge in [-0.15, -0.1) is 0 Å². The first-order chi connectivity index (χ1) is 12.3. The van der Waals surface area contributed by atoms with Crippen molar-refractivity contribution in [2.24, 2.45) is 0 Å². The Labute approximate surface area is 144 Å². The van der Waals surface area contributed by atoms with E-state index in [0.717, 1.165) is 0 Å². The van der Waals surface area contributed by atoms with Gasteiger partial charge in [0.05, 0.1) is 11.0 Å². The van der Waals surface area contributed by atoms with E-state index in [1.54, 1.807) is 0 Å². The first-order valence-corrected chi connectivity index (χ1v) is 8.63. The first kappa shape index (κ1) is 13.1. The Kier molecular flexibility index (Phi) is 2.31. The Hall–Kier alpha value is -3.26. The highest BCUT2D eigenvalue weighted by molar-refractivity contribution is 6.22. The maximum atomic E-state index is 3.66. The highest BCUT2D eigenvalue weighted by atomic mass is 14.8. The molecule has 2 aromatic heterocycles. The fourth-order valence-electron chi connectivity index (χ4n) is 4.15. The normalized spacial score (nSPS) is 12.2. The molecule has 4 aromatic carbocycles. The van der Waals surface area contributed by atoms with E-state index in [0.29, 0.717) is 0 Å². The summed E-state index contributed by atoms with van der Waals surface area (Å²) >= 11 is 0. The fourth-order valence-corrected chi connectivity index (χ4v) is 4.15. The molecule has 0 atom stereocenters. The van der Waals surface area contributed by atoms with Crippen molar-refractivity contribution in [1.29, 1.82) is 0 Å². The molecule has 0 spiro atoms. The van der Waals surface area contributed by atoms with Gasteiger partial charge in [0.1, 0.15) is 0 Å². The molecule has 6 aromatic rings. The van der Waals surface area contributed by atoms with Crippen molar-refractivity contribution < 1.29 is 0 Å². The maximum Gasteiger partial charge on any atom is 0.0710 e. The minimum absolute atomic E-state index is 1.18. The third-order valence-corrected chi connectivity index (χ3v) is 5.36. The maximum absolute atomic E-state index is 3.66. The minimum atomic E-state index is 1.18. The van der Waals surface area contributed by atoms with Crippen LogP contribution in [0.2, 0.25) is 0 Å². The summed E-state index contributed by atoms with van der Waals surface area (Å²) in [6, 6.07) is 24.2. The van der Waals surface area contributed by atoms with E-state index in [1.165, 1.54) is 59.9 Å². The van der Waals surface area contributed by atoms with Crippen LogP contribution in [0.25, 0.3) is 54.4 Å². The number of para-hydroxylation sites is 1. The third kappa shape index (κ3) is 1.69. The van der Waals surface area contributed by atoms with Gasteiger partial charge in [0.15, 0.2) is 0 Å². The molecule has 2 heteroatoms. The van der Waals surface area contributed by atoms with Crippen LogP contribution in [0.1, 0.15) is 5.56 Å². The molecule has 0 bridgehead atoms. The first-order valence-electron chi connectivity index (χ1n) is 8.63. The standard InChI is InChI=1S/C23H16N2/c1-13-6-7-14-11-19-18-9-8-17-16-4-2-3-5-20(16)24-22(17)23(18)25-21(19)12-15(14)10-13/h2-12,24-25H,1H3. The molecule has 118 valence electrons. The van der Waals surface area contributed by atoms with Crippen molar-refractivity contribution in [1.82, 2.24) is 9.97 Å². The molecule has 0 amide bonds. The van der Waals surface area contributed by atoms with E-state index in [2.05, 4.69) is 83.6 Å². The van der Waals surface area contributed by atoms with E-state index in [9.17, 15) is 0 Å². The Balaban J connectivity index is 1.82. The summed E-state index contributed by atoms with van der Waals surface area (Å²) in [5.41, 5.74) is 6.05. The molecule has 0 fully saturated rings. The molecule has 2 heterocycles. The molecule has 0 saturated carbocycles. The quantitative estimate of drug-likeness (QED) is 0.324. The summed E-state index contributed by atoms with van der Waals surface area (Å²) in [5, 5.41) is 7.68. The lowest BCUT2D eigenvalue weighted by Crippen LogP contribution is -1.76. The predicted molar refractivity (Wildman–Crippen MR) is 107 cm³/mol. The third-order valence-electron chi connectivity index (χ3n) is 5.36. The van der Waals surface area contributed by atoms with Crippen LogP contribution in [-0.2, 0) is 0 Å². The van der Waals surface area contributed by atoms with Crippen molar-refractivity contribution >= 4 is 54.4 Å². The molecule has 0 aliphatic heterocycles. The van der Waals surface area contributed by atoms with Crippen LogP contribution in [0.4, 0.5) is 0 Å². The van der Waals surface area contributed by atoms with Crippen LogP contribution in [0.15, 0.2) is 66.7 Å². The van der Waals surface area contributed by atoms with Gasteiger partial charge in [-0.05, 0) is 35.9 Å².